The van der Waals surface area contributed by atoms with Gasteiger partial charge < -0.3 is 9.64 Å². The molecule has 0 spiro atoms. The number of carbonyl (C=O) groups is 1. The van der Waals surface area contributed by atoms with Crippen LogP contribution in [0, 0.1) is 5.92 Å². The van der Waals surface area contributed by atoms with Crippen LogP contribution >= 0.6 is 0 Å². The number of benzene rings is 2. The van der Waals surface area contributed by atoms with E-state index in [0.717, 1.165) is 23.3 Å². The second-order valence-electron chi connectivity index (χ2n) is 7.74. The number of carbonyl (C=O) groups excluding carboxylic acids is 1. The van der Waals surface area contributed by atoms with Gasteiger partial charge in [-0.25, -0.2) is 12.7 Å². The standard InChI is InChI=1S/C23H30N2O4S/c1-24(15-12-20-10-6-7-11-22(20)29-2)23(26)21-13-16-25(17-14-21)30(27,28)18-19-8-4-3-5-9-19/h3-11,21H,12-18H2,1-2H3. The second kappa shape index (κ2) is 10.1. The third kappa shape index (κ3) is 5.61. The fourth-order valence-electron chi connectivity index (χ4n) is 3.88. The number of amides is 1. The highest BCUT2D eigenvalue weighted by atomic mass is 32.2. The minimum atomic E-state index is -3.37. The van der Waals surface area contributed by atoms with E-state index in [-0.39, 0.29) is 17.6 Å². The number of hydrogen-bond donors (Lipinski definition) is 0. The molecule has 0 saturated carbocycles. The van der Waals surface area contributed by atoms with Crippen LogP contribution < -0.4 is 4.74 Å². The summed E-state index contributed by atoms with van der Waals surface area (Å²) in [5, 5.41) is 0. The molecule has 1 fully saturated rings. The minimum Gasteiger partial charge on any atom is -0.496 e. The molecule has 2 aromatic carbocycles. The van der Waals surface area contributed by atoms with Crippen molar-refractivity contribution < 1.29 is 17.9 Å². The lowest BCUT2D eigenvalue weighted by molar-refractivity contribution is -0.135. The molecule has 1 saturated heterocycles. The molecule has 1 amide bonds. The monoisotopic (exact) mass is 430 g/mol. The van der Waals surface area contributed by atoms with Gasteiger partial charge in [0.05, 0.1) is 12.9 Å². The topological polar surface area (TPSA) is 66.9 Å². The predicted molar refractivity (Wildman–Crippen MR) is 118 cm³/mol. The van der Waals surface area contributed by atoms with Gasteiger partial charge in [0.25, 0.3) is 0 Å². The molecule has 0 aromatic heterocycles. The lowest BCUT2D eigenvalue weighted by Crippen LogP contribution is -2.44. The van der Waals surface area contributed by atoms with Gasteiger partial charge in [-0.1, -0.05) is 48.5 Å². The molecule has 1 heterocycles. The maximum Gasteiger partial charge on any atom is 0.225 e. The normalized spacial score (nSPS) is 15.7. The van der Waals surface area contributed by atoms with Crippen molar-refractivity contribution in [1.29, 1.82) is 0 Å². The zero-order valence-corrected chi connectivity index (χ0v) is 18.5. The molecule has 1 aliphatic heterocycles. The maximum atomic E-state index is 12.8. The Morgan fingerprint density at radius 1 is 1.07 bits per heavy atom. The van der Waals surface area contributed by atoms with E-state index < -0.39 is 10.0 Å². The minimum absolute atomic E-state index is 0.00522. The van der Waals surface area contributed by atoms with Gasteiger partial charge in [-0.15, -0.1) is 0 Å². The zero-order chi connectivity index (χ0) is 21.6. The molecule has 6 nitrogen and oxygen atoms in total. The number of piperidine rings is 1. The summed E-state index contributed by atoms with van der Waals surface area (Å²) in [5.41, 5.74) is 1.85. The van der Waals surface area contributed by atoms with Crippen molar-refractivity contribution in [1.82, 2.24) is 9.21 Å². The van der Waals surface area contributed by atoms with Crippen LogP contribution in [0.5, 0.6) is 5.75 Å². The number of sulfonamides is 1. The summed E-state index contributed by atoms with van der Waals surface area (Å²) in [6.45, 7) is 1.39. The molecule has 0 bridgehead atoms. The van der Waals surface area contributed by atoms with E-state index in [1.807, 2.05) is 61.6 Å². The Morgan fingerprint density at radius 3 is 2.37 bits per heavy atom. The largest absolute Gasteiger partial charge is 0.496 e. The Balaban J connectivity index is 1.50. The van der Waals surface area contributed by atoms with Crippen molar-refractivity contribution in [2.24, 2.45) is 5.92 Å². The third-order valence-corrected chi connectivity index (χ3v) is 7.52. The Kier molecular flexibility index (Phi) is 7.50. The van der Waals surface area contributed by atoms with Crippen LogP contribution in [0.1, 0.15) is 24.0 Å². The molecule has 0 radical (unpaired) electrons. The predicted octanol–water partition coefficient (Wildman–Crippen LogP) is 2.94. The van der Waals surface area contributed by atoms with Crippen LogP contribution in [0.3, 0.4) is 0 Å². The van der Waals surface area contributed by atoms with Gasteiger partial charge in [-0.3, -0.25) is 4.79 Å². The number of methoxy groups -OCH3 is 1. The van der Waals surface area contributed by atoms with Crippen LogP contribution in [0.2, 0.25) is 0 Å². The number of nitrogens with zero attached hydrogens (tertiary/aromatic N) is 2. The number of likely N-dealkylation sites (N-methyl/N-ethyl adjacent to an activating group) is 1. The number of rotatable bonds is 8. The first-order valence-electron chi connectivity index (χ1n) is 10.3. The van der Waals surface area contributed by atoms with Crippen molar-refractivity contribution in [2.45, 2.75) is 25.0 Å². The van der Waals surface area contributed by atoms with Crippen molar-refractivity contribution in [3.63, 3.8) is 0 Å². The van der Waals surface area contributed by atoms with Gasteiger partial charge in [-0.05, 0) is 36.5 Å². The molecule has 0 atom stereocenters. The van der Waals surface area contributed by atoms with Crippen LogP contribution in [0.25, 0.3) is 0 Å². The fourth-order valence-corrected chi connectivity index (χ4v) is 5.44. The van der Waals surface area contributed by atoms with E-state index in [1.54, 1.807) is 12.0 Å². The number of hydrogen-bond acceptors (Lipinski definition) is 4. The SMILES string of the molecule is COc1ccccc1CCN(C)C(=O)C1CCN(S(=O)(=O)Cc2ccccc2)CC1. The van der Waals surface area contributed by atoms with Crippen LogP contribution in [-0.2, 0) is 27.0 Å². The summed E-state index contributed by atoms with van der Waals surface area (Å²) in [6, 6.07) is 17.0. The average Bonchev–Trinajstić information content (AvgIpc) is 2.77. The van der Waals surface area contributed by atoms with Gasteiger partial charge >= 0.3 is 0 Å². The van der Waals surface area contributed by atoms with E-state index >= 15 is 0 Å². The van der Waals surface area contributed by atoms with Gasteiger partial charge in [-0.2, -0.15) is 0 Å². The molecule has 0 aliphatic carbocycles. The van der Waals surface area contributed by atoms with Gasteiger partial charge in [0.1, 0.15) is 5.75 Å². The molecule has 3 rings (SSSR count). The maximum absolute atomic E-state index is 12.8. The van der Waals surface area contributed by atoms with E-state index in [1.165, 1.54) is 4.31 Å². The summed E-state index contributed by atoms with van der Waals surface area (Å²) in [4.78, 5) is 14.6. The summed E-state index contributed by atoms with van der Waals surface area (Å²) < 4.78 is 32.3. The molecule has 162 valence electrons. The first-order chi connectivity index (χ1) is 14.4. The summed E-state index contributed by atoms with van der Waals surface area (Å²) >= 11 is 0. The number of ether oxygens (including phenoxy) is 1. The molecule has 0 unspecified atom stereocenters. The smallest absolute Gasteiger partial charge is 0.225 e. The lowest BCUT2D eigenvalue weighted by atomic mass is 9.96. The molecular formula is C23H30N2O4S. The van der Waals surface area contributed by atoms with E-state index in [2.05, 4.69) is 0 Å². The van der Waals surface area contributed by atoms with Gasteiger partial charge in [0.2, 0.25) is 15.9 Å². The highest BCUT2D eigenvalue weighted by molar-refractivity contribution is 7.88. The zero-order valence-electron chi connectivity index (χ0n) is 17.7. The average molecular weight is 431 g/mol. The molecule has 1 aliphatic rings. The first-order valence-corrected chi connectivity index (χ1v) is 11.9. The molecular weight excluding hydrogens is 400 g/mol. The Labute approximate surface area is 179 Å². The van der Waals surface area contributed by atoms with Gasteiger partial charge in [0.15, 0.2) is 0 Å². The summed E-state index contributed by atoms with van der Waals surface area (Å²) in [5.74, 6) is 0.793. The Hall–Kier alpha value is -2.38. The van der Waals surface area contributed by atoms with E-state index in [9.17, 15) is 13.2 Å². The molecule has 30 heavy (non-hydrogen) atoms. The van der Waals surface area contributed by atoms with Gasteiger partial charge in [0, 0.05) is 32.6 Å². The number of para-hydroxylation sites is 1. The third-order valence-electron chi connectivity index (χ3n) is 5.67. The summed E-state index contributed by atoms with van der Waals surface area (Å²) in [7, 11) is 0.0967. The van der Waals surface area contributed by atoms with Crippen LogP contribution in [0.15, 0.2) is 54.6 Å². The highest BCUT2D eigenvalue weighted by Gasteiger charge is 2.32. The Bertz CT molecular complexity index is 939. The highest BCUT2D eigenvalue weighted by Crippen LogP contribution is 2.24. The van der Waals surface area contributed by atoms with Crippen molar-refractivity contribution in [3.05, 3.63) is 65.7 Å². The lowest BCUT2D eigenvalue weighted by Gasteiger charge is -2.32. The van der Waals surface area contributed by atoms with Crippen molar-refractivity contribution in [2.75, 3.05) is 33.8 Å². The summed E-state index contributed by atoms with van der Waals surface area (Å²) in [6.07, 6.45) is 1.84. The second-order valence-corrected chi connectivity index (χ2v) is 9.71. The molecule has 7 heteroatoms. The van der Waals surface area contributed by atoms with Crippen molar-refractivity contribution >= 4 is 15.9 Å². The quantitative estimate of drug-likeness (QED) is 0.646. The Morgan fingerprint density at radius 2 is 1.70 bits per heavy atom. The molecule has 0 N–H and O–H groups in total. The van der Waals surface area contributed by atoms with E-state index in [0.29, 0.717) is 32.5 Å². The van der Waals surface area contributed by atoms with Crippen LogP contribution in [0.4, 0.5) is 0 Å². The van der Waals surface area contributed by atoms with Crippen LogP contribution in [-0.4, -0.2) is 57.3 Å². The van der Waals surface area contributed by atoms with Crippen molar-refractivity contribution in [3.8, 4) is 5.75 Å². The fraction of sp³-hybridized carbons (Fsp3) is 0.435. The first kappa shape index (κ1) is 22.3. The van der Waals surface area contributed by atoms with E-state index in [4.69, 9.17) is 4.74 Å². The molecule has 2 aromatic rings.